The van der Waals surface area contributed by atoms with E-state index in [1.807, 2.05) is 30.3 Å². The molecule has 1 fully saturated rings. The Kier molecular flexibility index (Phi) is 8.91. The molecule has 5 nitrogen and oxygen atoms in total. The molecule has 1 heterocycles. The molecular formula is C31H42N4O. The van der Waals surface area contributed by atoms with Crippen LogP contribution in [0, 0.1) is 13.8 Å². The number of nitrogens with two attached hydrogens (primary N) is 2. The minimum Gasteiger partial charge on any atom is -0.330 e. The molecule has 0 aliphatic carbocycles. The van der Waals surface area contributed by atoms with Gasteiger partial charge >= 0.3 is 0 Å². The zero-order valence-corrected chi connectivity index (χ0v) is 22.1. The van der Waals surface area contributed by atoms with Crippen LogP contribution in [-0.2, 0) is 6.42 Å². The van der Waals surface area contributed by atoms with Crippen LogP contribution in [0.4, 0.5) is 0 Å². The van der Waals surface area contributed by atoms with Crippen molar-refractivity contribution < 1.29 is 4.79 Å². The number of ketones is 1. The Bertz CT molecular complexity index is 1180. The Labute approximate surface area is 216 Å². The summed E-state index contributed by atoms with van der Waals surface area (Å²) in [5, 5.41) is 2.27. The standard InChI is InChI=1S/C31H42N4O/c1-22-10-11-26(23(2)15-22)17-29(33)19-35-18-24(3)34(20-30(35)9-6-14-32)21-31(36)28-13-12-25-7-4-5-8-27(25)16-28/h4-5,7-8,10-13,15-16,24,29-30H,6,9,14,17-21,32-33H2,1-3H3/t24-,29-,30+/m1/s1. The van der Waals surface area contributed by atoms with Crippen LogP contribution in [0.3, 0.4) is 0 Å². The van der Waals surface area contributed by atoms with Gasteiger partial charge in [-0.15, -0.1) is 0 Å². The van der Waals surface area contributed by atoms with Gasteiger partial charge in [0, 0.05) is 43.3 Å². The molecule has 0 radical (unpaired) electrons. The van der Waals surface area contributed by atoms with Gasteiger partial charge in [0.2, 0.25) is 0 Å². The topological polar surface area (TPSA) is 75.6 Å². The number of hydrogen-bond acceptors (Lipinski definition) is 5. The minimum absolute atomic E-state index is 0.0739. The smallest absolute Gasteiger partial charge is 0.176 e. The number of aryl methyl sites for hydroxylation is 2. The van der Waals surface area contributed by atoms with E-state index in [-0.39, 0.29) is 17.9 Å². The lowest BCUT2D eigenvalue weighted by Gasteiger charge is -2.46. The number of carbonyl (C=O) groups excluding carboxylic acids is 1. The van der Waals surface area contributed by atoms with E-state index in [4.69, 9.17) is 11.5 Å². The first-order valence-corrected chi connectivity index (χ1v) is 13.4. The first kappa shape index (κ1) is 26.5. The third kappa shape index (κ3) is 6.60. The molecule has 0 amide bonds. The second kappa shape index (κ2) is 12.1. The molecule has 0 spiro atoms. The Balaban J connectivity index is 1.41. The summed E-state index contributed by atoms with van der Waals surface area (Å²) in [6, 6.07) is 21.6. The Morgan fingerprint density at radius 2 is 1.78 bits per heavy atom. The molecule has 36 heavy (non-hydrogen) atoms. The van der Waals surface area contributed by atoms with E-state index >= 15 is 0 Å². The van der Waals surface area contributed by atoms with Crippen molar-refractivity contribution in [3.8, 4) is 0 Å². The third-order valence-electron chi connectivity index (χ3n) is 7.69. The fourth-order valence-electron chi connectivity index (χ4n) is 5.60. The maximum absolute atomic E-state index is 13.2. The van der Waals surface area contributed by atoms with Crippen molar-refractivity contribution in [2.45, 2.75) is 58.2 Å². The van der Waals surface area contributed by atoms with Crippen LogP contribution in [0.25, 0.3) is 10.8 Å². The van der Waals surface area contributed by atoms with Crippen LogP contribution in [-0.4, -0.2) is 66.4 Å². The molecule has 4 N–H and O–H groups in total. The average molecular weight is 487 g/mol. The van der Waals surface area contributed by atoms with E-state index in [0.29, 0.717) is 19.1 Å². The monoisotopic (exact) mass is 486 g/mol. The van der Waals surface area contributed by atoms with Crippen molar-refractivity contribution >= 4 is 16.6 Å². The molecule has 3 atom stereocenters. The van der Waals surface area contributed by atoms with E-state index in [1.165, 1.54) is 16.7 Å². The van der Waals surface area contributed by atoms with E-state index in [9.17, 15) is 4.79 Å². The molecular weight excluding hydrogens is 444 g/mol. The molecule has 1 saturated heterocycles. The second-order valence-corrected chi connectivity index (χ2v) is 10.7. The summed E-state index contributed by atoms with van der Waals surface area (Å²) >= 11 is 0. The molecule has 1 aliphatic rings. The number of nitrogens with zero attached hydrogens (tertiary/aromatic N) is 2. The number of Topliss-reactive ketones (excluding diaryl/α,β-unsaturated/α-hetero) is 1. The maximum Gasteiger partial charge on any atom is 0.176 e. The molecule has 0 unspecified atom stereocenters. The predicted molar refractivity (Wildman–Crippen MR) is 151 cm³/mol. The molecule has 192 valence electrons. The summed E-state index contributed by atoms with van der Waals surface area (Å²) < 4.78 is 0. The Hall–Kier alpha value is -2.57. The Morgan fingerprint density at radius 3 is 2.53 bits per heavy atom. The fourth-order valence-corrected chi connectivity index (χ4v) is 5.60. The number of piperazine rings is 1. The van der Waals surface area contributed by atoms with Gasteiger partial charge in [-0.2, -0.15) is 0 Å². The molecule has 4 rings (SSSR count). The quantitative estimate of drug-likeness (QED) is 0.418. The number of fused-ring (bicyclic) bond motifs is 1. The molecule has 3 aromatic carbocycles. The van der Waals surface area contributed by atoms with Crippen molar-refractivity contribution in [3.63, 3.8) is 0 Å². The minimum atomic E-state index is 0.0739. The highest BCUT2D eigenvalue weighted by Crippen LogP contribution is 2.22. The van der Waals surface area contributed by atoms with E-state index in [0.717, 1.165) is 55.2 Å². The molecule has 5 heteroatoms. The predicted octanol–water partition coefficient (Wildman–Crippen LogP) is 4.32. The Morgan fingerprint density at radius 1 is 1.00 bits per heavy atom. The van der Waals surface area contributed by atoms with Crippen molar-refractivity contribution in [2.75, 3.05) is 32.7 Å². The number of carbonyl (C=O) groups is 1. The van der Waals surface area contributed by atoms with Gasteiger partial charge in [0.05, 0.1) is 6.54 Å². The first-order chi connectivity index (χ1) is 17.3. The molecule has 3 aromatic rings. The van der Waals surface area contributed by atoms with Crippen LogP contribution in [0.2, 0.25) is 0 Å². The highest BCUT2D eigenvalue weighted by atomic mass is 16.1. The van der Waals surface area contributed by atoms with Crippen LogP contribution < -0.4 is 11.5 Å². The summed E-state index contributed by atoms with van der Waals surface area (Å²) in [4.78, 5) is 18.1. The van der Waals surface area contributed by atoms with Crippen molar-refractivity contribution in [1.29, 1.82) is 0 Å². The number of hydrogen-bond donors (Lipinski definition) is 2. The zero-order chi connectivity index (χ0) is 25.7. The lowest BCUT2D eigenvalue weighted by Crippen LogP contribution is -2.60. The molecule has 0 aromatic heterocycles. The summed E-state index contributed by atoms with van der Waals surface area (Å²) in [6.45, 7) is 10.3. The lowest BCUT2D eigenvalue weighted by molar-refractivity contribution is 0.0276. The van der Waals surface area contributed by atoms with Gasteiger partial charge in [-0.05, 0) is 74.5 Å². The van der Waals surface area contributed by atoms with Gasteiger partial charge in [0.1, 0.15) is 0 Å². The van der Waals surface area contributed by atoms with Gasteiger partial charge in [-0.1, -0.05) is 60.2 Å². The molecule has 0 saturated carbocycles. The SMILES string of the molecule is Cc1ccc(C[C@@H](N)CN2C[C@@H](C)N(CC(=O)c3ccc4ccccc4c3)C[C@@H]2CCCN)c(C)c1. The van der Waals surface area contributed by atoms with E-state index in [1.54, 1.807) is 0 Å². The highest BCUT2D eigenvalue weighted by molar-refractivity contribution is 6.01. The van der Waals surface area contributed by atoms with Gasteiger partial charge < -0.3 is 11.5 Å². The average Bonchev–Trinajstić information content (AvgIpc) is 2.86. The van der Waals surface area contributed by atoms with E-state index < -0.39 is 0 Å². The second-order valence-electron chi connectivity index (χ2n) is 10.7. The van der Waals surface area contributed by atoms with Gasteiger partial charge in [-0.3, -0.25) is 14.6 Å². The first-order valence-electron chi connectivity index (χ1n) is 13.4. The third-order valence-corrected chi connectivity index (χ3v) is 7.69. The van der Waals surface area contributed by atoms with Gasteiger partial charge in [0.25, 0.3) is 0 Å². The summed E-state index contributed by atoms with van der Waals surface area (Å²) in [7, 11) is 0. The highest BCUT2D eigenvalue weighted by Gasteiger charge is 2.33. The van der Waals surface area contributed by atoms with Crippen LogP contribution >= 0.6 is 0 Å². The fraction of sp³-hybridized carbons (Fsp3) is 0.452. The van der Waals surface area contributed by atoms with Gasteiger partial charge in [-0.25, -0.2) is 0 Å². The molecule has 0 bridgehead atoms. The maximum atomic E-state index is 13.2. The summed E-state index contributed by atoms with van der Waals surface area (Å²) in [5.74, 6) is 0.185. The summed E-state index contributed by atoms with van der Waals surface area (Å²) in [5.41, 5.74) is 17.3. The van der Waals surface area contributed by atoms with Crippen LogP contribution in [0.1, 0.15) is 46.8 Å². The van der Waals surface area contributed by atoms with Crippen molar-refractivity contribution in [2.24, 2.45) is 11.5 Å². The normalized spacial score (nSPS) is 20.0. The number of rotatable bonds is 10. The zero-order valence-electron chi connectivity index (χ0n) is 22.1. The largest absolute Gasteiger partial charge is 0.330 e. The molecule has 1 aliphatic heterocycles. The lowest BCUT2D eigenvalue weighted by atomic mass is 9.97. The van der Waals surface area contributed by atoms with Crippen LogP contribution in [0.15, 0.2) is 60.7 Å². The number of benzene rings is 3. The van der Waals surface area contributed by atoms with E-state index in [2.05, 4.69) is 60.9 Å². The van der Waals surface area contributed by atoms with Crippen LogP contribution in [0.5, 0.6) is 0 Å². The van der Waals surface area contributed by atoms with Crippen molar-refractivity contribution in [3.05, 3.63) is 82.9 Å². The van der Waals surface area contributed by atoms with Crippen molar-refractivity contribution in [1.82, 2.24) is 9.80 Å². The van der Waals surface area contributed by atoms with Gasteiger partial charge in [0.15, 0.2) is 5.78 Å². The summed E-state index contributed by atoms with van der Waals surface area (Å²) in [6.07, 6.45) is 2.89.